The Morgan fingerprint density at radius 1 is 1.19 bits per heavy atom. The highest BCUT2D eigenvalue weighted by Crippen LogP contribution is 2.31. The summed E-state index contributed by atoms with van der Waals surface area (Å²) in [7, 11) is 0. The van der Waals surface area contributed by atoms with E-state index in [-0.39, 0.29) is 17.4 Å². The average molecular weight is 569 g/mol. The van der Waals surface area contributed by atoms with Crippen LogP contribution in [0.5, 0.6) is 0 Å². The van der Waals surface area contributed by atoms with Crippen LogP contribution in [0.2, 0.25) is 0 Å². The third-order valence-electron chi connectivity index (χ3n) is 6.13. The van der Waals surface area contributed by atoms with Crippen molar-refractivity contribution in [3.63, 3.8) is 0 Å². The molecule has 0 aliphatic heterocycles. The van der Waals surface area contributed by atoms with Crippen molar-refractivity contribution >= 4 is 43.6 Å². The summed E-state index contributed by atoms with van der Waals surface area (Å²) >= 11 is 4.64. The lowest BCUT2D eigenvalue weighted by Gasteiger charge is -2.35. The Balaban J connectivity index is 1.88. The molecule has 0 aliphatic carbocycles. The van der Waals surface area contributed by atoms with Crippen LogP contribution in [0.25, 0.3) is 10.2 Å². The fourth-order valence-corrected chi connectivity index (χ4v) is 5.33. The molecule has 36 heavy (non-hydrogen) atoms. The van der Waals surface area contributed by atoms with E-state index < -0.39 is 6.04 Å². The summed E-state index contributed by atoms with van der Waals surface area (Å²) in [6.07, 6.45) is 2.21. The summed E-state index contributed by atoms with van der Waals surface area (Å²) in [6, 6.07) is 15.0. The summed E-state index contributed by atoms with van der Waals surface area (Å²) in [5.74, 6) is 0.439. The molecule has 2 aromatic heterocycles. The third-order valence-corrected chi connectivity index (χ3v) is 7.35. The zero-order valence-electron chi connectivity index (χ0n) is 20.6. The molecule has 188 valence electrons. The van der Waals surface area contributed by atoms with Gasteiger partial charge in [0.25, 0.3) is 11.5 Å². The molecule has 0 spiro atoms. The van der Waals surface area contributed by atoms with Crippen molar-refractivity contribution in [1.29, 1.82) is 0 Å². The first-order chi connectivity index (χ1) is 17.3. The predicted molar refractivity (Wildman–Crippen MR) is 148 cm³/mol. The molecule has 0 fully saturated rings. The second-order valence-corrected chi connectivity index (χ2v) is 10.9. The number of halogens is 1. The smallest absolute Gasteiger partial charge is 0.264 e. The summed E-state index contributed by atoms with van der Waals surface area (Å²) in [5, 5.41) is 0.492. The molecule has 0 bridgehead atoms. The summed E-state index contributed by atoms with van der Waals surface area (Å²) in [4.78, 5) is 34.9. The summed E-state index contributed by atoms with van der Waals surface area (Å²) < 4.78 is 6.83. The van der Waals surface area contributed by atoms with Gasteiger partial charge in [0.2, 0.25) is 0 Å². The molecule has 0 saturated heterocycles. The number of amides is 1. The maximum Gasteiger partial charge on any atom is 0.264 e. The SMILES string of the molecule is Cc1cccc(Cn2c(C(C(C)C)N(CCCN)C(=O)c3ccc(Br)cc3)nc3sncc3c2=O)c1. The lowest BCUT2D eigenvalue weighted by atomic mass is 9.99. The van der Waals surface area contributed by atoms with Gasteiger partial charge in [-0.1, -0.05) is 59.6 Å². The Hall–Kier alpha value is -2.88. The number of fused-ring (bicyclic) bond motifs is 1. The monoisotopic (exact) mass is 567 g/mol. The van der Waals surface area contributed by atoms with Crippen LogP contribution in [-0.2, 0) is 6.54 Å². The highest BCUT2D eigenvalue weighted by molar-refractivity contribution is 9.10. The third kappa shape index (κ3) is 5.58. The number of hydrogen-bond acceptors (Lipinski definition) is 6. The number of rotatable bonds is 9. The van der Waals surface area contributed by atoms with Gasteiger partial charge in [-0.05, 0) is 67.2 Å². The van der Waals surface area contributed by atoms with Gasteiger partial charge < -0.3 is 10.6 Å². The molecule has 7 nitrogen and oxygen atoms in total. The van der Waals surface area contributed by atoms with Crippen molar-refractivity contribution < 1.29 is 4.79 Å². The van der Waals surface area contributed by atoms with E-state index in [1.807, 2.05) is 42.2 Å². The molecule has 4 aromatic rings. The van der Waals surface area contributed by atoms with Gasteiger partial charge in [-0.2, -0.15) is 4.37 Å². The number of aromatic nitrogens is 3. The standard InChI is InChI=1S/C27H30BrN5O2S/c1-17(2)23(32(13-5-12-29)26(34)20-8-10-21(28)11-9-20)24-31-25-22(15-30-36-25)27(35)33(24)16-19-7-4-6-18(3)14-19/h4,6-11,14-15,17,23H,5,12-13,16,29H2,1-3H3. The minimum Gasteiger partial charge on any atom is -0.330 e. The van der Waals surface area contributed by atoms with E-state index in [0.717, 1.165) is 15.6 Å². The molecule has 1 amide bonds. The number of carbonyl (C=O) groups excluding carboxylic acids is 1. The second-order valence-electron chi connectivity index (χ2n) is 9.23. The molecule has 0 radical (unpaired) electrons. The number of hydrogen-bond donors (Lipinski definition) is 1. The maximum atomic E-state index is 13.8. The molecular weight excluding hydrogens is 538 g/mol. The van der Waals surface area contributed by atoms with Gasteiger partial charge in [0.05, 0.1) is 24.2 Å². The summed E-state index contributed by atoms with van der Waals surface area (Å²) in [5.41, 5.74) is 8.40. The van der Waals surface area contributed by atoms with Crippen LogP contribution in [0.3, 0.4) is 0 Å². The van der Waals surface area contributed by atoms with Crippen molar-refractivity contribution in [2.75, 3.05) is 13.1 Å². The Morgan fingerprint density at radius 2 is 1.94 bits per heavy atom. The Morgan fingerprint density at radius 3 is 2.61 bits per heavy atom. The first-order valence-electron chi connectivity index (χ1n) is 12.0. The fraction of sp³-hybridized carbons (Fsp3) is 0.333. The zero-order valence-corrected chi connectivity index (χ0v) is 23.1. The van der Waals surface area contributed by atoms with E-state index in [9.17, 15) is 9.59 Å². The van der Waals surface area contributed by atoms with Crippen molar-refractivity contribution in [2.24, 2.45) is 11.7 Å². The number of nitrogens with two attached hydrogens (primary N) is 1. The fourth-order valence-electron chi connectivity index (χ4n) is 4.43. The van der Waals surface area contributed by atoms with E-state index in [0.29, 0.717) is 47.7 Å². The van der Waals surface area contributed by atoms with E-state index in [1.54, 1.807) is 22.9 Å². The molecule has 0 saturated carbocycles. The Kier molecular flexibility index (Phi) is 8.33. The van der Waals surface area contributed by atoms with Crippen molar-refractivity contribution in [3.05, 3.63) is 92.1 Å². The van der Waals surface area contributed by atoms with Crippen LogP contribution >= 0.6 is 27.5 Å². The molecule has 9 heteroatoms. The molecule has 1 unspecified atom stereocenters. The molecule has 4 rings (SSSR count). The quantitative estimate of drug-likeness (QED) is 0.301. The van der Waals surface area contributed by atoms with Gasteiger partial charge >= 0.3 is 0 Å². The second kappa shape index (κ2) is 11.5. The Bertz CT molecular complexity index is 1410. The van der Waals surface area contributed by atoms with Crippen LogP contribution in [0.15, 0.2) is 64.0 Å². The van der Waals surface area contributed by atoms with Crippen molar-refractivity contribution in [1.82, 2.24) is 18.8 Å². The molecular formula is C27H30BrN5O2S. The zero-order chi connectivity index (χ0) is 25.8. The van der Waals surface area contributed by atoms with Gasteiger partial charge in [-0.25, -0.2) is 4.98 Å². The highest BCUT2D eigenvalue weighted by Gasteiger charge is 2.33. The normalized spacial score (nSPS) is 12.3. The van der Waals surface area contributed by atoms with Crippen LogP contribution in [0.1, 0.15) is 53.6 Å². The van der Waals surface area contributed by atoms with Gasteiger partial charge in [0.1, 0.15) is 5.82 Å². The van der Waals surface area contributed by atoms with Gasteiger partial charge in [-0.3, -0.25) is 14.2 Å². The number of carbonyl (C=O) groups is 1. The Labute approximate surface area is 223 Å². The lowest BCUT2D eigenvalue weighted by Crippen LogP contribution is -2.42. The summed E-state index contributed by atoms with van der Waals surface area (Å²) in [6.45, 7) is 7.39. The average Bonchev–Trinajstić information content (AvgIpc) is 3.32. The van der Waals surface area contributed by atoms with Crippen LogP contribution in [-0.4, -0.2) is 37.8 Å². The maximum absolute atomic E-state index is 13.8. The molecule has 2 heterocycles. The number of nitrogens with zero attached hydrogens (tertiary/aromatic N) is 4. The predicted octanol–water partition coefficient (Wildman–Crippen LogP) is 5.16. The molecule has 2 aromatic carbocycles. The highest BCUT2D eigenvalue weighted by atomic mass is 79.9. The van der Waals surface area contributed by atoms with Crippen LogP contribution < -0.4 is 11.3 Å². The molecule has 2 N–H and O–H groups in total. The first-order valence-corrected chi connectivity index (χ1v) is 13.5. The lowest BCUT2D eigenvalue weighted by molar-refractivity contribution is 0.0603. The van der Waals surface area contributed by atoms with E-state index in [2.05, 4.69) is 40.2 Å². The van der Waals surface area contributed by atoms with Crippen LogP contribution in [0, 0.1) is 12.8 Å². The largest absolute Gasteiger partial charge is 0.330 e. The van der Waals surface area contributed by atoms with Gasteiger partial charge in [0.15, 0.2) is 4.83 Å². The topological polar surface area (TPSA) is 94.1 Å². The first kappa shape index (κ1) is 26.2. The minimum atomic E-state index is -0.434. The number of aryl methyl sites for hydroxylation is 1. The number of benzene rings is 2. The molecule has 0 aliphatic rings. The van der Waals surface area contributed by atoms with Crippen LogP contribution in [0.4, 0.5) is 0 Å². The van der Waals surface area contributed by atoms with Crippen molar-refractivity contribution in [3.8, 4) is 0 Å². The van der Waals surface area contributed by atoms with E-state index in [1.165, 1.54) is 11.5 Å². The minimum absolute atomic E-state index is 0.0109. The van der Waals surface area contributed by atoms with Gasteiger partial charge in [-0.15, -0.1) is 0 Å². The van der Waals surface area contributed by atoms with Crippen molar-refractivity contribution in [2.45, 2.75) is 39.8 Å². The van der Waals surface area contributed by atoms with E-state index >= 15 is 0 Å². The van der Waals surface area contributed by atoms with Gasteiger partial charge in [0, 0.05) is 16.6 Å². The van der Waals surface area contributed by atoms with E-state index in [4.69, 9.17) is 10.7 Å². The molecule has 1 atom stereocenters.